The van der Waals surface area contributed by atoms with Gasteiger partial charge in [-0.1, -0.05) is 34.1 Å². The van der Waals surface area contributed by atoms with E-state index in [1.165, 1.54) is 12.7 Å². The SMILES string of the molecule is C=P(C)(C)CC[C@H]1O[C@@H](n2c(C)nc3c(=O)[nH]c(C)nc32)[C@H](O)[C@@H]1O.C=P(C)(C)CC[C@H]1O[C@@H](n2c(CC)nc3c(=O)[nH]c(C)nc32)[C@H](O)[C@@H]1O.C=P(C)(C)CC[C@H]1O[C@@H](n2c(CCC)nc3c(=O)[nH]c(C)nc32)[C@H](O)[C@@H]1O.C=P(C)(C)CC[C@H]1O[C@@H](n2cnc3c(OCCC)nc(N)nc32)[C@H](O)[C@@H]1O.C=P(C)(C)CC[C@H]1O[C@@H](n2cnc3c(OCCCC)nc(N)nc32)[C@H](O)[C@@H]1O. The molecule has 133 heavy (non-hydrogen) atoms. The number of aliphatic hydroxyl groups is 10. The van der Waals surface area contributed by atoms with E-state index in [1.807, 2.05) is 20.8 Å². The maximum absolute atomic E-state index is 12.3. The van der Waals surface area contributed by atoms with Crippen molar-refractivity contribution in [2.45, 2.75) is 249 Å². The van der Waals surface area contributed by atoms with Gasteiger partial charge >= 0.3 is 0 Å². The Morgan fingerprint density at radius 2 is 0.669 bits per heavy atom. The zero-order valence-electron chi connectivity index (χ0n) is 79.5. The number of rotatable bonds is 30. The van der Waals surface area contributed by atoms with Crippen LogP contribution in [0.1, 0.15) is 152 Å². The van der Waals surface area contributed by atoms with Crippen molar-refractivity contribution in [1.82, 2.24) is 97.6 Å². The van der Waals surface area contributed by atoms with Gasteiger partial charge in [0.05, 0.1) is 56.4 Å². The number of anilines is 2. The van der Waals surface area contributed by atoms with Gasteiger partial charge in [-0.2, -0.15) is 19.9 Å². The number of aromatic amines is 3. The maximum Gasteiger partial charge on any atom is 0.279 e. The van der Waals surface area contributed by atoms with Crippen LogP contribution < -0.4 is 37.6 Å². The molecule has 5 aliphatic heterocycles. The van der Waals surface area contributed by atoms with Gasteiger partial charge in [0.2, 0.25) is 23.7 Å². The third-order valence-corrected chi connectivity index (χ3v) is 30.5. The van der Waals surface area contributed by atoms with Crippen molar-refractivity contribution >= 4 is 134 Å². The summed E-state index contributed by atoms with van der Waals surface area (Å²) in [6, 6.07) is 0. The van der Waals surface area contributed by atoms with E-state index in [0.717, 1.165) is 56.5 Å². The summed E-state index contributed by atoms with van der Waals surface area (Å²) in [5.41, 5.74) is 14.1. The first-order chi connectivity index (χ1) is 62.2. The van der Waals surface area contributed by atoms with Gasteiger partial charge in [-0.15, -0.1) is 65.9 Å². The molecule has 0 radical (unpaired) electrons. The Balaban J connectivity index is 0.000000160. The highest BCUT2D eigenvalue weighted by molar-refractivity contribution is 7.73. The lowest BCUT2D eigenvalue weighted by atomic mass is 10.1. The predicted molar refractivity (Wildman–Crippen MR) is 529 cm³/mol. The lowest BCUT2D eigenvalue weighted by Gasteiger charge is -2.20. The van der Waals surface area contributed by atoms with Gasteiger partial charge in [-0.05, 0) is 177 Å². The zero-order valence-corrected chi connectivity index (χ0v) is 84.0. The summed E-state index contributed by atoms with van der Waals surface area (Å²) in [5, 5.41) is 105. The Bertz CT molecular complexity index is 6160. The Kier molecular flexibility index (Phi) is 34.6. The minimum atomic E-state index is -1.27. The smallest absolute Gasteiger partial charge is 0.279 e. The molecule has 0 aromatic carbocycles. The molecule has 738 valence electrons. The number of imidazole rings is 5. The molecule has 0 spiro atoms. The van der Waals surface area contributed by atoms with Crippen LogP contribution in [0.4, 0.5) is 11.9 Å². The molecule has 5 aliphatic rings. The summed E-state index contributed by atoms with van der Waals surface area (Å²) < 4.78 is 49.4. The molecule has 15 heterocycles. The topological polar surface area (TPSA) is 597 Å². The largest absolute Gasteiger partial charge is 0.476 e. The predicted octanol–water partition coefficient (Wildman–Crippen LogP) is 4.48. The second-order valence-corrected chi connectivity index (χ2v) is 59.9. The fourth-order valence-corrected chi connectivity index (χ4v) is 21.0. The molecule has 0 aliphatic carbocycles. The van der Waals surface area contributed by atoms with Crippen LogP contribution in [-0.4, -0.2) is 382 Å². The number of nitrogen functional groups attached to an aromatic ring is 2. The Labute approximate surface area is 772 Å². The Hall–Kier alpha value is -7.75. The zero-order chi connectivity index (χ0) is 97.9. The summed E-state index contributed by atoms with van der Waals surface area (Å²) in [6.45, 7) is 30.7. The minimum absolute atomic E-state index is 0.0449. The first-order valence-corrected chi connectivity index (χ1v) is 60.1. The molecule has 10 aromatic rings. The fraction of sp³-hybridized carbons (Fsp3) is 0.651. The van der Waals surface area contributed by atoms with Crippen LogP contribution in [0.25, 0.3) is 55.8 Å². The van der Waals surface area contributed by atoms with Crippen LogP contribution in [0.3, 0.4) is 0 Å². The fourth-order valence-electron chi connectivity index (χ4n) is 16.2. The van der Waals surface area contributed by atoms with Crippen LogP contribution in [-0.2, 0) is 36.5 Å². The van der Waals surface area contributed by atoms with Crippen LogP contribution in [0.15, 0.2) is 27.0 Å². The van der Waals surface area contributed by atoms with Crippen molar-refractivity contribution in [3.8, 4) is 11.8 Å². The van der Waals surface area contributed by atoms with Gasteiger partial charge in [-0.25, -0.2) is 39.9 Å². The molecule has 47 heteroatoms. The third kappa shape index (κ3) is 25.4. The summed E-state index contributed by atoms with van der Waals surface area (Å²) in [5.74, 6) is 3.78. The molecule has 0 bridgehead atoms. The first kappa shape index (κ1) is 106. The summed E-state index contributed by atoms with van der Waals surface area (Å²) in [4.78, 5) is 96.0. The lowest BCUT2D eigenvalue weighted by molar-refractivity contribution is -0.0368. The molecule has 42 nitrogen and oxygen atoms in total. The average molecular weight is 1960 g/mol. The number of aliphatic hydroxyl groups excluding tert-OH is 10. The number of aromatic nitrogens is 20. The van der Waals surface area contributed by atoms with E-state index >= 15 is 0 Å². The monoisotopic (exact) mass is 1950 g/mol. The average Bonchev–Trinajstić information content (AvgIpc) is 1.60. The quantitative estimate of drug-likeness (QED) is 0.0218. The number of hydrogen-bond donors (Lipinski definition) is 15. The molecule has 0 unspecified atom stereocenters. The second-order valence-electron chi connectivity index (χ2n) is 38.3. The standard InChI is InChI=1S/C18H30N5O4P.C18H29N4O4P.C17H28N5O4P.C17H27N4O4P.C16H25N4O4P/c1-5-6-8-26-16-12-15(21-18(19)22-16)23(10-20-12)17-14(25)13(24)11(27-17)7-9-28(2,3)4;1-6-7-12-21-13-16(19-10(2)20-17(13)25)22(12)18-15(24)14(23)11(26-18)8-9-27(3,4)5;1-5-7-25-15-11-14(20-17(18)21-15)22(9-19-11)16-13(24)12(23)10(26-16)6-8-27(2,3)4;1-6-11-20-12-15(18-9(2)19-16(12)24)21(11)17-14(23)13(22)10(25-17)7-8-26(3,4)5;1-8-17-14-11(15(23)18-8)19-9(2)20(14)16-13(22)12(21)10(24-16)6-7-25(3,4)5/h10-11,13-14,17,24-25H,2,5-9H2,1,3-4H3,(H2,19,21,22);11,14-15,18,23-24H,3,6-9H2,1-2,4-5H3,(H,19,20,25);9-10,12-13,16,23-24H,2,5-8H2,1,3-4H3,(H2,18,20,21);10,13-14,17,22-23H,3,6-8H2,1-2,4-5H3,(H,18,19,24);10,12-13,16,21-22H,3,6-7H2,1-2,4-5H3,(H,17,18,23)/t11-,13-,14-,17-;11-,14-,15-,18-;10-,12-,13-,16-;10-,13-,14-,17-;10-,12-,13-,16-/m11111/s1. The van der Waals surface area contributed by atoms with Crippen molar-refractivity contribution in [1.29, 1.82) is 0 Å². The number of nitrogens with one attached hydrogen (secondary N) is 3. The number of fused-ring (bicyclic) bond motifs is 5. The van der Waals surface area contributed by atoms with Gasteiger partial charge in [0.15, 0.2) is 87.0 Å². The van der Waals surface area contributed by atoms with Crippen LogP contribution in [0.5, 0.6) is 11.8 Å². The number of aryl methyl sites for hydroxylation is 6. The normalized spacial score (nSPS) is 26.3. The first-order valence-electron chi connectivity index (χ1n) is 44.9. The molecule has 15 rings (SSSR count). The molecular weight excluding hydrogens is 1820 g/mol. The molecule has 17 N–H and O–H groups in total. The van der Waals surface area contributed by atoms with Crippen molar-refractivity contribution in [3.63, 3.8) is 0 Å². The van der Waals surface area contributed by atoms with E-state index < -0.39 is 157 Å². The highest BCUT2D eigenvalue weighted by atomic mass is 31.2. The summed E-state index contributed by atoms with van der Waals surface area (Å²) in [7, 11) is 0. The van der Waals surface area contributed by atoms with E-state index in [2.05, 4.69) is 180 Å². The summed E-state index contributed by atoms with van der Waals surface area (Å²) in [6.07, 6.45) is 19.0. The minimum Gasteiger partial charge on any atom is -0.476 e. The van der Waals surface area contributed by atoms with E-state index in [4.69, 9.17) is 44.6 Å². The molecule has 20 atom stereocenters. The molecule has 5 saturated heterocycles. The molecular formula is C86H139N22O20P5. The van der Waals surface area contributed by atoms with E-state index in [-0.39, 0.29) is 45.1 Å². The van der Waals surface area contributed by atoms with Crippen LogP contribution in [0, 0.1) is 27.7 Å². The number of H-pyrrole nitrogens is 3. The lowest BCUT2D eigenvalue weighted by Crippen LogP contribution is -2.32. The van der Waals surface area contributed by atoms with Crippen LogP contribution >= 0.6 is 34.4 Å². The van der Waals surface area contributed by atoms with Crippen molar-refractivity contribution in [2.24, 2.45) is 0 Å². The second kappa shape index (κ2) is 43.5. The van der Waals surface area contributed by atoms with Gasteiger partial charge in [0.25, 0.3) is 16.7 Å². The number of nitrogens with zero attached hydrogens (tertiary/aromatic N) is 17. The van der Waals surface area contributed by atoms with Gasteiger partial charge in [0, 0.05) is 12.8 Å². The van der Waals surface area contributed by atoms with Crippen molar-refractivity contribution < 1.29 is 84.2 Å². The highest BCUT2D eigenvalue weighted by Crippen LogP contribution is 2.47. The third-order valence-electron chi connectivity index (χ3n) is 23.2. The molecule has 5 fully saturated rings. The number of ether oxygens (including phenoxy) is 7. The number of nitrogens with two attached hydrogens (primary N) is 2. The van der Waals surface area contributed by atoms with Crippen LogP contribution in [0.2, 0.25) is 0 Å². The highest BCUT2D eigenvalue weighted by Gasteiger charge is 2.50. The van der Waals surface area contributed by atoms with Crippen molar-refractivity contribution in [3.05, 3.63) is 78.7 Å². The molecule has 0 amide bonds. The molecule has 10 aromatic heterocycles. The van der Waals surface area contributed by atoms with E-state index in [9.17, 15) is 65.4 Å². The maximum atomic E-state index is 12.3. The van der Waals surface area contributed by atoms with E-state index in [1.54, 1.807) is 50.5 Å². The van der Waals surface area contributed by atoms with Gasteiger partial charge < -0.3 is 111 Å². The number of unbranched alkanes of at least 4 members (excludes halogenated alkanes) is 1. The van der Waals surface area contributed by atoms with Gasteiger partial charge in [-0.3, -0.25) is 37.2 Å². The van der Waals surface area contributed by atoms with E-state index in [0.29, 0.717) is 144 Å². The number of hydrogen-bond acceptors (Lipinski definition) is 34. The molecule has 0 saturated carbocycles. The van der Waals surface area contributed by atoms with Gasteiger partial charge in [0.1, 0.15) is 96.0 Å². The Morgan fingerprint density at radius 1 is 0.368 bits per heavy atom. The summed E-state index contributed by atoms with van der Waals surface area (Å²) >= 11 is 0. The Morgan fingerprint density at radius 3 is 0.992 bits per heavy atom. The van der Waals surface area contributed by atoms with Crippen molar-refractivity contribution in [2.75, 3.05) is 122 Å².